The fourth-order valence-corrected chi connectivity index (χ4v) is 2.29. The van der Waals surface area contributed by atoms with Gasteiger partial charge in [0.05, 0.1) is 0 Å². The van der Waals surface area contributed by atoms with E-state index in [-0.39, 0.29) is 0 Å². The molecule has 0 aromatic heterocycles. The monoisotopic (exact) mass is 234 g/mol. The topological polar surface area (TPSA) is 42.5 Å². The molecule has 0 aliphatic carbocycles. The fraction of sp³-hybridized carbons (Fsp3) is 0.538. The Kier molecular flexibility index (Phi) is 3.16. The number of nitrogens with one attached hydrogen (secondary N) is 2. The summed E-state index contributed by atoms with van der Waals surface area (Å²) in [5.41, 5.74) is 1.25. The van der Waals surface area contributed by atoms with Crippen molar-refractivity contribution in [3.63, 3.8) is 0 Å². The maximum atomic E-state index is 5.57. The average Bonchev–Trinajstić information content (AvgIpc) is 2.89. The van der Waals surface area contributed by atoms with E-state index in [1.807, 2.05) is 6.07 Å². The van der Waals surface area contributed by atoms with E-state index in [2.05, 4.69) is 22.8 Å². The molecule has 4 nitrogen and oxygen atoms in total. The van der Waals surface area contributed by atoms with Crippen molar-refractivity contribution in [3.8, 4) is 11.5 Å². The summed E-state index contributed by atoms with van der Waals surface area (Å²) in [6, 6.07) is 6.77. The minimum atomic E-state index is 0.600. The van der Waals surface area contributed by atoms with E-state index < -0.39 is 0 Å². The van der Waals surface area contributed by atoms with Gasteiger partial charge >= 0.3 is 0 Å². The van der Waals surface area contributed by atoms with Crippen molar-refractivity contribution in [1.82, 2.24) is 10.6 Å². The third kappa shape index (κ3) is 2.53. The zero-order chi connectivity index (χ0) is 11.5. The zero-order valence-corrected chi connectivity index (χ0v) is 9.87. The second-order valence-electron chi connectivity index (χ2n) is 4.55. The molecule has 2 aliphatic rings. The molecule has 1 unspecified atom stereocenters. The van der Waals surface area contributed by atoms with Gasteiger partial charge in [-0.15, -0.1) is 0 Å². The Labute approximate surface area is 101 Å². The molecule has 92 valence electrons. The van der Waals surface area contributed by atoms with Crippen LogP contribution in [-0.4, -0.2) is 32.3 Å². The van der Waals surface area contributed by atoms with Crippen molar-refractivity contribution in [2.75, 3.05) is 26.3 Å². The molecule has 2 aliphatic heterocycles. The van der Waals surface area contributed by atoms with Gasteiger partial charge in [-0.2, -0.15) is 0 Å². The molecular weight excluding hydrogens is 216 g/mol. The lowest BCUT2D eigenvalue weighted by molar-refractivity contribution is 0.171. The van der Waals surface area contributed by atoms with Gasteiger partial charge < -0.3 is 20.1 Å². The highest BCUT2D eigenvalue weighted by molar-refractivity contribution is 5.43. The first-order chi connectivity index (χ1) is 8.42. The number of hydrogen-bond acceptors (Lipinski definition) is 4. The van der Waals surface area contributed by atoms with Crippen molar-refractivity contribution < 1.29 is 9.47 Å². The van der Waals surface area contributed by atoms with Gasteiger partial charge in [-0.05, 0) is 30.7 Å². The van der Waals surface area contributed by atoms with Crippen LogP contribution in [0.15, 0.2) is 18.2 Å². The standard InChI is InChI=1S/C13H18N2O2/c1-2-12-13(17-6-5-16-12)7-10(1)8-15-11-3-4-14-9-11/h1-2,7,11,14-15H,3-6,8-9H2. The first-order valence-electron chi connectivity index (χ1n) is 6.24. The van der Waals surface area contributed by atoms with Crippen LogP contribution < -0.4 is 20.1 Å². The molecule has 0 bridgehead atoms. The predicted octanol–water partition coefficient (Wildman–Crippen LogP) is 0.909. The van der Waals surface area contributed by atoms with Gasteiger partial charge in [0.1, 0.15) is 13.2 Å². The second kappa shape index (κ2) is 4.94. The normalized spacial score (nSPS) is 22.7. The molecular formula is C13H18N2O2. The molecule has 1 aromatic carbocycles. The molecule has 3 rings (SSSR count). The van der Waals surface area contributed by atoms with Gasteiger partial charge in [0, 0.05) is 19.1 Å². The highest BCUT2D eigenvalue weighted by atomic mass is 16.6. The fourth-order valence-electron chi connectivity index (χ4n) is 2.29. The third-order valence-electron chi connectivity index (χ3n) is 3.26. The van der Waals surface area contributed by atoms with Crippen molar-refractivity contribution >= 4 is 0 Å². The quantitative estimate of drug-likeness (QED) is 0.816. The van der Waals surface area contributed by atoms with Gasteiger partial charge in [0.15, 0.2) is 11.5 Å². The predicted molar refractivity (Wildman–Crippen MR) is 65.5 cm³/mol. The van der Waals surface area contributed by atoms with Crippen LogP contribution in [0.3, 0.4) is 0 Å². The Morgan fingerprint density at radius 1 is 1.24 bits per heavy atom. The van der Waals surface area contributed by atoms with Gasteiger partial charge in [0.25, 0.3) is 0 Å². The summed E-state index contributed by atoms with van der Waals surface area (Å²) in [5.74, 6) is 1.74. The molecule has 1 saturated heterocycles. The molecule has 1 fully saturated rings. The van der Waals surface area contributed by atoms with E-state index in [9.17, 15) is 0 Å². The zero-order valence-electron chi connectivity index (χ0n) is 9.87. The Balaban J connectivity index is 1.62. The van der Waals surface area contributed by atoms with E-state index >= 15 is 0 Å². The lowest BCUT2D eigenvalue weighted by Crippen LogP contribution is -2.30. The van der Waals surface area contributed by atoms with Crippen molar-refractivity contribution in [2.45, 2.75) is 19.0 Å². The summed E-state index contributed by atoms with van der Waals surface area (Å²) < 4.78 is 11.1. The summed E-state index contributed by atoms with van der Waals surface area (Å²) in [6.45, 7) is 4.39. The van der Waals surface area contributed by atoms with E-state index in [1.54, 1.807) is 0 Å². The minimum Gasteiger partial charge on any atom is -0.486 e. The smallest absolute Gasteiger partial charge is 0.161 e. The van der Waals surface area contributed by atoms with Crippen molar-refractivity contribution in [3.05, 3.63) is 23.8 Å². The van der Waals surface area contributed by atoms with Crippen LogP contribution in [0.4, 0.5) is 0 Å². The van der Waals surface area contributed by atoms with Crippen molar-refractivity contribution in [2.24, 2.45) is 0 Å². The van der Waals surface area contributed by atoms with Gasteiger partial charge in [0.2, 0.25) is 0 Å². The highest BCUT2D eigenvalue weighted by Gasteiger charge is 2.15. The second-order valence-corrected chi connectivity index (χ2v) is 4.55. The molecule has 1 atom stereocenters. The van der Waals surface area contributed by atoms with Crippen LogP contribution in [0.2, 0.25) is 0 Å². The van der Waals surface area contributed by atoms with Crippen LogP contribution in [0.1, 0.15) is 12.0 Å². The molecule has 2 N–H and O–H groups in total. The Bertz CT molecular complexity index is 389. The molecule has 2 heterocycles. The Hall–Kier alpha value is -1.26. The molecule has 4 heteroatoms. The van der Waals surface area contributed by atoms with Crippen LogP contribution in [0.25, 0.3) is 0 Å². The van der Waals surface area contributed by atoms with Crippen molar-refractivity contribution in [1.29, 1.82) is 0 Å². The molecule has 0 spiro atoms. The average molecular weight is 234 g/mol. The number of ether oxygens (including phenoxy) is 2. The van der Waals surface area contributed by atoms with Crippen LogP contribution in [-0.2, 0) is 6.54 Å². The molecule has 0 saturated carbocycles. The Morgan fingerprint density at radius 3 is 2.94 bits per heavy atom. The Morgan fingerprint density at radius 2 is 2.12 bits per heavy atom. The molecule has 0 radical (unpaired) electrons. The highest BCUT2D eigenvalue weighted by Crippen LogP contribution is 2.30. The summed E-state index contributed by atoms with van der Waals surface area (Å²) in [4.78, 5) is 0. The largest absolute Gasteiger partial charge is 0.486 e. The van der Waals surface area contributed by atoms with Crippen LogP contribution >= 0.6 is 0 Å². The van der Waals surface area contributed by atoms with E-state index in [0.29, 0.717) is 19.3 Å². The van der Waals surface area contributed by atoms with Crippen LogP contribution in [0, 0.1) is 0 Å². The molecule has 17 heavy (non-hydrogen) atoms. The first kappa shape index (κ1) is 10.9. The maximum Gasteiger partial charge on any atom is 0.161 e. The lowest BCUT2D eigenvalue weighted by atomic mass is 10.1. The summed E-state index contributed by atoms with van der Waals surface area (Å²) in [5, 5.41) is 6.90. The van der Waals surface area contributed by atoms with Gasteiger partial charge in [-0.1, -0.05) is 6.07 Å². The van der Waals surface area contributed by atoms with E-state index in [1.165, 1.54) is 12.0 Å². The van der Waals surface area contributed by atoms with Gasteiger partial charge in [-0.25, -0.2) is 0 Å². The number of rotatable bonds is 3. The third-order valence-corrected chi connectivity index (χ3v) is 3.26. The minimum absolute atomic E-state index is 0.600. The first-order valence-corrected chi connectivity index (χ1v) is 6.24. The summed E-state index contributed by atoms with van der Waals surface area (Å²) in [7, 11) is 0. The summed E-state index contributed by atoms with van der Waals surface area (Å²) in [6.07, 6.45) is 1.21. The van der Waals surface area contributed by atoms with E-state index in [0.717, 1.165) is 31.1 Å². The lowest BCUT2D eigenvalue weighted by Gasteiger charge is -2.19. The number of fused-ring (bicyclic) bond motifs is 1. The van der Waals surface area contributed by atoms with Gasteiger partial charge in [-0.3, -0.25) is 0 Å². The van der Waals surface area contributed by atoms with E-state index in [4.69, 9.17) is 9.47 Å². The number of benzene rings is 1. The van der Waals surface area contributed by atoms with Crippen LogP contribution in [0.5, 0.6) is 11.5 Å². The molecule has 0 amide bonds. The molecule has 1 aromatic rings. The SMILES string of the molecule is c1cc2c(cc1CNC1CCNC1)OCCO2. The maximum absolute atomic E-state index is 5.57. The summed E-state index contributed by atoms with van der Waals surface area (Å²) >= 11 is 0. The number of hydrogen-bond donors (Lipinski definition) is 2.